The second kappa shape index (κ2) is 11.3. The van der Waals surface area contributed by atoms with Crippen molar-refractivity contribution >= 4 is 5.91 Å². The first-order valence-electron chi connectivity index (χ1n) is 11.8. The van der Waals surface area contributed by atoms with Gasteiger partial charge in [-0.05, 0) is 38.2 Å². The van der Waals surface area contributed by atoms with Crippen LogP contribution in [-0.2, 0) is 28.8 Å². The number of halogens is 3. The van der Waals surface area contributed by atoms with Crippen molar-refractivity contribution in [1.82, 2.24) is 25.5 Å². The number of alkyl halides is 3. The first-order valence-corrected chi connectivity index (χ1v) is 11.8. The zero-order chi connectivity index (χ0) is 24.8. The molecular weight excluding hydrogens is 467 g/mol. The molecule has 2 aromatic heterocycles. The first-order chi connectivity index (χ1) is 16.7. The lowest BCUT2D eigenvalue weighted by atomic mass is 10.0. The van der Waals surface area contributed by atoms with Crippen LogP contribution < -0.4 is 10.1 Å². The molecule has 2 aromatic rings. The summed E-state index contributed by atoms with van der Waals surface area (Å²) >= 11 is 0. The topological polar surface area (TPSA) is 103 Å². The zero-order valence-corrected chi connectivity index (χ0v) is 19.6. The summed E-state index contributed by atoms with van der Waals surface area (Å²) in [5.74, 6) is -0.111. The van der Waals surface area contributed by atoms with Gasteiger partial charge in [0.25, 0.3) is 0 Å². The monoisotopic (exact) mass is 497 g/mol. The maximum Gasteiger partial charge on any atom is 0.422 e. The molecule has 0 aliphatic carbocycles. The maximum atomic E-state index is 12.4. The summed E-state index contributed by atoms with van der Waals surface area (Å²) in [5, 5.41) is 10.4. The van der Waals surface area contributed by atoms with Crippen LogP contribution in [0.2, 0.25) is 0 Å². The van der Waals surface area contributed by atoms with Gasteiger partial charge in [-0.1, -0.05) is 16.4 Å². The van der Waals surface area contributed by atoms with E-state index in [1.54, 1.807) is 6.92 Å². The lowest BCUT2D eigenvalue weighted by molar-refractivity contribution is -0.154. The number of ether oxygens (including phenoxy) is 2. The Bertz CT molecular complexity index is 992. The molecule has 12 heteroatoms. The fourth-order valence-electron chi connectivity index (χ4n) is 4.38. The summed E-state index contributed by atoms with van der Waals surface area (Å²) in [6, 6.07) is 3.30. The Hall–Kier alpha value is -2.73. The number of nitrogens with zero attached hydrogens (tertiary/aromatic N) is 4. The quantitative estimate of drug-likeness (QED) is 0.593. The summed E-state index contributed by atoms with van der Waals surface area (Å²) in [6.07, 6.45) is -0.0525. The SMILES string of the molecule is Cc1nonc1CC(=O)N[C@H]1CCC(CCN2CCc3ccc(OCC(F)(F)F)nc3CC2)OC1. The molecule has 192 valence electrons. The second-order valence-corrected chi connectivity index (χ2v) is 9.06. The largest absolute Gasteiger partial charge is 0.468 e. The lowest BCUT2D eigenvalue weighted by Gasteiger charge is -2.31. The van der Waals surface area contributed by atoms with Gasteiger partial charge in [-0.3, -0.25) is 4.79 Å². The van der Waals surface area contributed by atoms with Crippen LogP contribution in [0.4, 0.5) is 13.2 Å². The van der Waals surface area contributed by atoms with E-state index in [-0.39, 0.29) is 30.4 Å². The van der Waals surface area contributed by atoms with Crippen molar-refractivity contribution in [3.05, 3.63) is 34.8 Å². The molecule has 35 heavy (non-hydrogen) atoms. The maximum absolute atomic E-state index is 12.4. The molecule has 0 bridgehead atoms. The van der Waals surface area contributed by atoms with E-state index in [1.807, 2.05) is 6.07 Å². The van der Waals surface area contributed by atoms with Crippen LogP contribution in [0, 0.1) is 6.92 Å². The Morgan fingerprint density at radius 3 is 2.77 bits per heavy atom. The molecule has 1 amide bonds. The second-order valence-electron chi connectivity index (χ2n) is 9.06. The smallest absolute Gasteiger partial charge is 0.422 e. The minimum absolute atomic E-state index is 0.0135. The van der Waals surface area contributed by atoms with Gasteiger partial charge in [0.2, 0.25) is 11.8 Å². The van der Waals surface area contributed by atoms with Crippen molar-refractivity contribution in [2.45, 2.75) is 63.8 Å². The van der Waals surface area contributed by atoms with Gasteiger partial charge in [0, 0.05) is 37.8 Å². The number of carbonyl (C=O) groups excluding carboxylic acids is 1. The molecule has 0 radical (unpaired) electrons. The van der Waals surface area contributed by atoms with Crippen molar-refractivity contribution in [3.8, 4) is 5.88 Å². The molecule has 2 atom stereocenters. The number of amides is 1. The third kappa shape index (κ3) is 7.63. The number of fused-ring (bicyclic) bond motifs is 1. The molecule has 1 N–H and O–H groups in total. The highest BCUT2D eigenvalue weighted by Gasteiger charge is 2.29. The van der Waals surface area contributed by atoms with Crippen LogP contribution in [0.25, 0.3) is 0 Å². The number of aromatic nitrogens is 3. The van der Waals surface area contributed by atoms with Gasteiger partial charge >= 0.3 is 6.18 Å². The van der Waals surface area contributed by atoms with Gasteiger partial charge in [0.05, 0.1) is 25.2 Å². The van der Waals surface area contributed by atoms with Crippen LogP contribution in [0.1, 0.15) is 41.9 Å². The lowest BCUT2D eigenvalue weighted by Crippen LogP contribution is -2.44. The van der Waals surface area contributed by atoms with Crippen LogP contribution in [0.5, 0.6) is 5.88 Å². The Kier molecular flexibility index (Phi) is 8.22. The van der Waals surface area contributed by atoms with Crippen LogP contribution in [0.3, 0.4) is 0 Å². The Morgan fingerprint density at radius 1 is 1.23 bits per heavy atom. The molecule has 0 spiro atoms. The Morgan fingerprint density at radius 2 is 2.06 bits per heavy atom. The number of nitrogens with one attached hydrogen (secondary N) is 1. The van der Waals surface area contributed by atoms with Crippen molar-refractivity contribution in [2.75, 3.05) is 32.8 Å². The minimum atomic E-state index is -4.38. The summed E-state index contributed by atoms with van der Waals surface area (Å²) < 4.78 is 52.6. The van der Waals surface area contributed by atoms with Gasteiger partial charge < -0.3 is 19.7 Å². The number of rotatable bonds is 8. The van der Waals surface area contributed by atoms with Crippen LogP contribution >= 0.6 is 0 Å². The summed E-state index contributed by atoms with van der Waals surface area (Å²) in [4.78, 5) is 18.9. The minimum Gasteiger partial charge on any atom is -0.468 e. The van der Waals surface area contributed by atoms with Crippen molar-refractivity contribution in [3.63, 3.8) is 0 Å². The predicted octanol–water partition coefficient (Wildman–Crippen LogP) is 2.41. The van der Waals surface area contributed by atoms with Crippen molar-refractivity contribution in [2.24, 2.45) is 0 Å². The normalized spacial score (nSPS) is 21.3. The van der Waals surface area contributed by atoms with E-state index in [1.165, 1.54) is 6.07 Å². The molecule has 2 aliphatic rings. The molecule has 1 saturated heterocycles. The molecule has 4 rings (SSSR count). The van der Waals surface area contributed by atoms with Crippen LogP contribution in [0.15, 0.2) is 16.8 Å². The number of pyridine rings is 1. The van der Waals surface area contributed by atoms with E-state index in [4.69, 9.17) is 9.47 Å². The average Bonchev–Trinajstić information content (AvgIpc) is 3.10. The summed E-state index contributed by atoms with van der Waals surface area (Å²) in [7, 11) is 0. The van der Waals surface area contributed by atoms with Crippen molar-refractivity contribution < 1.29 is 32.1 Å². The Balaban J connectivity index is 1.16. The molecule has 0 aromatic carbocycles. The van der Waals surface area contributed by atoms with Gasteiger partial charge in [0.1, 0.15) is 11.4 Å². The molecule has 1 unspecified atom stereocenters. The average molecular weight is 498 g/mol. The fraction of sp³-hybridized carbons (Fsp3) is 0.652. The van der Waals surface area contributed by atoms with E-state index in [0.717, 1.165) is 56.6 Å². The number of aryl methyl sites for hydroxylation is 1. The fourth-order valence-corrected chi connectivity index (χ4v) is 4.38. The van der Waals surface area contributed by atoms with E-state index in [2.05, 4.69) is 30.1 Å². The third-order valence-corrected chi connectivity index (χ3v) is 6.37. The highest BCUT2D eigenvalue weighted by atomic mass is 19.4. The van der Waals surface area contributed by atoms with Gasteiger partial charge in [0.15, 0.2) is 6.61 Å². The standard InChI is InChI=1S/C23H30F3N5O4/c1-15-20(30-35-29-15)12-21(32)27-17-3-4-18(33-13-17)7-10-31-9-6-16-2-5-22(28-19(16)8-11-31)34-14-23(24,25)26/h2,5,17-18H,3-4,6-14H2,1H3,(H,27,32)/t17-,18?/m0/s1. The number of hydrogen-bond donors (Lipinski definition) is 1. The molecule has 0 saturated carbocycles. The van der Waals surface area contributed by atoms with E-state index in [0.29, 0.717) is 24.4 Å². The molecule has 1 fully saturated rings. The van der Waals surface area contributed by atoms with Crippen LogP contribution in [-0.4, -0.2) is 77.3 Å². The predicted molar refractivity (Wildman–Crippen MR) is 118 cm³/mol. The highest BCUT2D eigenvalue weighted by Crippen LogP contribution is 2.22. The third-order valence-electron chi connectivity index (χ3n) is 6.37. The number of hydrogen-bond acceptors (Lipinski definition) is 8. The van der Waals surface area contributed by atoms with Gasteiger partial charge in [-0.15, -0.1) is 0 Å². The summed E-state index contributed by atoms with van der Waals surface area (Å²) in [5.41, 5.74) is 3.01. The first kappa shape index (κ1) is 25.4. The van der Waals surface area contributed by atoms with Crippen molar-refractivity contribution in [1.29, 1.82) is 0 Å². The summed E-state index contributed by atoms with van der Waals surface area (Å²) in [6.45, 7) is 3.39. The zero-order valence-electron chi connectivity index (χ0n) is 19.6. The molecule has 4 heterocycles. The van der Waals surface area contributed by atoms with Gasteiger partial charge in [-0.25, -0.2) is 9.61 Å². The van der Waals surface area contributed by atoms with E-state index in [9.17, 15) is 18.0 Å². The van der Waals surface area contributed by atoms with E-state index >= 15 is 0 Å². The molecular formula is C23H30F3N5O4. The molecule has 2 aliphatic heterocycles. The van der Waals surface area contributed by atoms with Gasteiger partial charge in [-0.2, -0.15) is 13.2 Å². The van der Waals surface area contributed by atoms with E-state index < -0.39 is 12.8 Å². The highest BCUT2D eigenvalue weighted by molar-refractivity contribution is 5.78. The Labute approximate surface area is 201 Å². The number of carbonyl (C=O) groups is 1. The molecule has 9 nitrogen and oxygen atoms in total.